The zero-order chi connectivity index (χ0) is 37.2. The molecule has 0 aliphatic carbocycles. The Bertz CT molecular complexity index is 1540. The summed E-state index contributed by atoms with van der Waals surface area (Å²) in [6.45, 7) is 15.7. The van der Waals surface area contributed by atoms with Crippen LogP contribution in [0.15, 0.2) is 46.2 Å². The maximum atomic E-state index is 14.2. The Morgan fingerprint density at radius 2 is 1.06 bits per heavy atom. The molecule has 274 valence electrons. The second-order valence-corrected chi connectivity index (χ2v) is 16.1. The number of hydrogen-bond acceptors (Lipinski definition) is 11. The van der Waals surface area contributed by atoms with Crippen molar-refractivity contribution in [2.75, 3.05) is 66.5 Å². The maximum absolute atomic E-state index is 14.2. The summed E-state index contributed by atoms with van der Waals surface area (Å²) in [5.74, 6) is 0.830. The SMILES string of the molecule is CCCSc1c(N)cc(C(C)(C)C)cc1NC(=O)c1cc(C(=O)Nc2cc(C(C)(C)C)cc(N)c2SCCN)c(OCCN)cc1OCCN. The van der Waals surface area contributed by atoms with Crippen molar-refractivity contribution in [1.82, 2.24) is 0 Å². The third-order valence-electron chi connectivity index (χ3n) is 7.60. The zero-order valence-electron chi connectivity index (χ0n) is 30.5. The molecule has 0 aliphatic rings. The van der Waals surface area contributed by atoms with Crippen molar-refractivity contribution in [3.8, 4) is 11.5 Å². The van der Waals surface area contributed by atoms with Gasteiger partial charge in [-0.15, -0.1) is 23.5 Å². The van der Waals surface area contributed by atoms with E-state index >= 15 is 0 Å². The van der Waals surface area contributed by atoms with E-state index in [2.05, 4.69) is 59.1 Å². The lowest BCUT2D eigenvalue weighted by atomic mass is 9.86. The standard InChI is InChI=1S/C37H55N7O4S2/c1-8-14-49-32-26(41)16-22(36(2,3)4)18-28(32)43-34(45)24-20-25(31(48-13-10-39)21-30(24)47-12-9-38)35(46)44-29-19-23(37(5,6)7)17-27(42)33(29)50-15-11-40/h16-21H,8-15,38-42H2,1-7H3,(H,43,45)(H,44,46). The van der Waals surface area contributed by atoms with Gasteiger partial charge < -0.3 is 48.8 Å². The fourth-order valence-electron chi connectivity index (χ4n) is 4.91. The number of benzene rings is 3. The lowest BCUT2D eigenvalue weighted by molar-refractivity contribution is 0.102. The van der Waals surface area contributed by atoms with Gasteiger partial charge in [0.15, 0.2) is 0 Å². The monoisotopic (exact) mass is 725 g/mol. The topological polar surface area (TPSA) is 207 Å². The average molecular weight is 726 g/mol. The Kier molecular flexibility index (Phi) is 14.7. The summed E-state index contributed by atoms with van der Waals surface area (Å²) in [5, 5.41) is 6.12. The van der Waals surface area contributed by atoms with E-state index < -0.39 is 11.8 Å². The van der Waals surface area contributed by atoms with E-state index in [9.17, 15) is 9.59 Å². The van der Waals surface area contributed by atoms with Gasteiger partial charge >= 0.3 is 0 Å². The minimum atomic E-state index is -0.505. The molecule has 0 radical (unpaired) electrons. The van der Waals surface area contributed by atoms with Crippen molar-refractivity contribution >= 4 is 58.1 Å². The second-order valence-electron chi connectivity index (χ2n) is 13.9. The summed E-state index contributed by atoms with van der Waals surface area (Å²) in [6.07, 6.45) is 0.926. The molecule has 0 unspecified atom stereocenters. The molecule has 0 saturated heterocycles. The first-order valence-corrected chi connectivity index (χ1v) is 18.8. The van der Waals surface area contributed by atoms with Crippen LogP contribution in [0.5, 0.6) is 11.5 Å². The number of nitrogen functional groups attached to an aromatic ring is 2. The van der Waals surface area contributed by atoms with E-state index in [1.165, 1.54) is 23.9 Å². The van der Waals surface area contributed by atoms with Crippen molar-refractivity contribution in [3.05, 3.63) is 58.7 Å². The molecule has 0 aromatic heterocycles. The summed E-state index contributed by atoms with van der Waals surface area (Å²) in [7, 11) is 0. The molecule has 3 aromatic carbocycles. The predicted molar refractivity (Wildman–Crippen MR) is 211 cm³/mol. The molecule has 0 heterocycles. The van der Waals surface area contributed by atoms with Crippen LogP contribution in [0.1, 0.15) is 86.7 Å². The first kappa shape index (κ1) is 40.8. The van der Waals surface area contributed by atoms with Gasteiger partial charge in [0.2, 0.25) is 0 Å². The third-order valence-corrected chi connectivity index (χ3v) is 10.1. The maximum Gasteiger partial charge on any atom is 0.259 e. The first-order valence-electron chi connectivity index (χ1n) is 16.9. The quantitative estimate of drug-likeness (QED) is 0.0656. The van der Waals surface area contributed by atoms with Crippen molar-refractivity contribution in [2.24, 2.45) is 17.2 Å². The molecule has 0 spiro atoms. The Morgan fingerprint density at radius 3 is 1.42 bits per heavy atom. The number of amides is 2. The molecule has 0 aliphatic heterocycles. The van der Waals surface area contributed by atoms with Gasteiger partial charge in [-0.05, 0) is 64.5 Å². The Hall–Kier alpha value is -3.62. The molecular formula is C37H55N7O4S2. The smallest absolute Gasteiger partial charge is 0.259 e. The van der Waals surface area contributed by atoms with Crippen LogP contribution in [0.3, 0.4) is 0 Å². The Morgan fingerprint density at radius 1 is 0.640 bits per heavy atom. The van der Waals surface area contributed by atoms with Gasteiger partial charge in [-0.2, -0.15) is 0 Å². The highest BCUT2D eigenvalue weighted by atomic mass is 32.2. The second kappa shape index (κ2) is 18.0. The molecule has 13 heteroatoms. The number of thioether (sulfide) groups is 2. The lowest BCUT2D eigenvalue weighted by Gasteiger charge is -2.24. The number of ether oxygens (including phenoxy) is 2. The molecule has 3 rings (SSSR count). The highest BCUT2D eigenvalue weighted by Gasteiger charge is 2.26. The number of carbonyl (C=O) groups is 2. The number of nitrogens with two attached hydrogens (primary N) is 5. The van der Waals surface area contributed by atoms with E-state index in [0.717, 1.165) is 28.2 Å². The van der Waals surface area contributed by atoms with Gasteiger partial charge in [0, 0.05) is 42.8 Å². The van der Waals surface area contributed by atoms with E-state index in [1.54, 1.807) is 11.8 Å². The predicted octanol–water partition coefficient (Wildman–Crippen LogP) is 6.18. The number of hydrogen-bond donors (Lipinski definition) is 7. The van der Waals surface area contributed by atoms with Crippen LogP contribution in [0, 0.1) is 0 Å². The van der Waals surface area contributed by atoms with Crippen LogP contribution in [0.4, 0.5) is 22.7 Å². The molecule has 0 saturated carbocycles. The highest BCUT2D eigenvalue weighted by Crippen LogP contribution is 2.41. The van der Waals surface area contributed by atoms with E-state index in [-0.39, 0.29) is 59.8 Å². The van der Waals surface area contributed by atoms with Crippen molar-refractivity contribution in [1.29, 1.82) is 0 Å². The largest absolute Gasteiger partial charge is 0.491 e. The van der Waals surface area contributed by atoms with Gasteiger partial charge in [0.1, 0.15) is 24.7 Å². The van der Waals surface area contributed by atoms with E-state index in [4.69, 9.17) is 38.1 Å². The summed E-state index contributed by atoms with van der Waals surface area (Å²) >= 11 is 3.04. The normalized spacial score (nSPS) is 11.7. The van der Waals surface area contributed by atoms with Gasteiger partial charge in [-0.25, -0.2) is 0 Å². The van der Waals surface area contributed by atoms with Crippen molar-refractivity contribution < 1.29 is 19.1 Å². The number of carbonyl (C=O) groups excluding carboxylic acids is 2. The molecule has 0 bridgehead atoms. The zero-order valence-corrected chi connectivity index (χ0v) is 32.1. The Balaban J connectivity index is 2.19. The summed E-state index contributed by atoms with van der Waals surface area (Å²) < 4.78 is 11.9. The van der Waals surface area contributed by atoms with Gasteiger partial charge in [0.25, 0.3) is 11.8 Å². The van der Waals surface area contributed by atoms with Crippen LogP contribution >= 0.6 is 23.5 Å². The van der Waals surface area contributed by atoms with Gasteiger partial charge in [0.05, 0.1) is 32.3 Å². The molecule has 12 N–H and O–H groups in total. The minimum Gasteiger partial charge on any atom is -0.491 e. The first-order chi connectivity index (χ1) is 23.5. The van der Waals surface area contributed by atoms with Gasteiger partial charge in [-0.3, -0.25) is 9.59 Å². The highest BCUT2D eigenvalue weighted by molar-refractivity contribution is 7.99. The van der Waals surface area contributed by atoms with E-state index in [1.807, 2.05) is 24.3 Å². The Labute approximate surface area is 305 Å². The fraction of sp³-hybridized carbons (Fsp3) is 0.459. The summed E-state index contributed by atoms with van der Waals surface area (Å²) in [4.78, 5) is 29.9. The van der Waals surface area contributed by atoms with Crippen LogP contribution in [-0.4, -0.2) is 56.2 Å². The molecular weight excluding hydrogens is 671 g/mol. The average Bonchev–Trinajstić information content (AvgIpc) is 3.04. The third kappa shape index (κ3) is 10.7. The number of rotatable bonds is 16. The van der Waals surface area contributed by atoms with Crippen LogP contribution in [0.25, 0.3) is 0 Å². The molecule has 0 fully saturated rings. The van der Waals surface area contributed by atoms with Crippen LogP contribution in [0.2, 0.25) is 0 Å². The van der Waals surface area contributed by atoms with Crippen LogP contribution in [-0.2, 0) is 10.8 Å². The summed E-state index contributed by atoms with van der Waals surface area (Å²) in [6, 6.07) is 10.8. The van der Waals surface area contributed by atoms with Gasteiger partial charge in [-0.1, -0.05) is 48.5 Å². The lowest BCUT2D eigenvalue weighted by Crippen LogP contribution is -2.22. The van der Waals surface area contributed by atoms with Crippen molar-refractivity contribution in [3.63, 3.8) is 0 Å². The summed E-state index contributed by atoms with van der Waals surface area (Å²) in [5.41, 5.74) is 34.4. The van der Waals surface area contributed by atoms with E-state index in [0.29, 0.717) is 39.9 Å². The molecule has 0 atom stereocenters. The minimum absolute atomic E-state index is 0.113. The number of nitrogens with one attached hydrogen (secondary N) is 2. The number of anilines is 4. The molecule has 50 heavy (non-hydrogen) atoms. The molecule has 2 amide bonds. The fourth-order valence-corrected chi connectivity index (χ4v) is 6.63. The molecule has 11 nitrogen and oxygen atoms in total. The molecule has 3 aromatic rings. The van der Waals surface area contributed by atoms with Crippen LogP contribution < -0.4 is 48.8 Å². The van der Waals surface area contributed by atoms with Crippen molar-refractivity contribution in [2.45, 2.75) is 75.5 Å².